The highest BCUT2D eigenvalue weighted by Gasteiger charge is 2.34. The molecule has 5 N–H and O–H groups in total. The summed E-state index contributed by atoms with van der Waals surface area (Å²) in [5.74, 6) is -0.893. The van der Waals surface area contributed by atoms with Gasteiger partial charge in [0.05, 0.1) is 0 Å². The minimum atomic E-state index is -1.25. The number of phenolic OH excluding ortho intramolecular Hbond substituents is 2. The van der Waals surface area contributed by atoms with Crippen LogP contribution in [0.4, 0.5) is 5.69 Å². The van der Waals surface area contributed by atoms with Crippen LogP contribution >= 0.6 is 0 Å². The van der Waals surface area contributed by atoms with Crippen molar-refractivity contribution in [2.75, 3.05) is 5.32 Å². The molecule has 0 saturated heterocycles. The first-order valence-electron chi connectivity index (χ1n) is 6.08. The number of carbonyl (C=O) groups is 1. The van der Waals surface area contributed by atoms with Crippen LogP contribution in [0.25, 0.3) is 0 Å². The first-order chi connectivity index (χ1) is 9.41. The Bertz CT molecular complexity index is 608. The summed E-state index contributed by atoms with van der Waals surface area (Å²) in [6, 6.07) is 13.1. The van der Waals surface area contributed by atoms with E-state index in [0.29, 0.717) is 11.3 Å². The molecule has 0 saturated carbocycles. The van der Waals surface area contributed by atoms with Gasteiger partial charge in [-0.15, -0.1) is 0 Å². The monoisotopic (exact) mass is 272 g/mol. The van der Waals surface area contributed by atoms with Gasteiger partial charge in [0.15, 0.2) is 0 Å². The molecule has 20 heavy (non-hydrogen) atoms. The van der Waals surface area contributed by atoms with Crippen LogP contribution in [0.1, 0.15) is 12.5 Å². The van der Waals surface area contributed by atoms with Crippen LogP contribution < -0.4 is 11.1 Å². The molecule has 2 aromatic rings. The Morgan fingerprint density at radius 3 is 2.15 bits per heavy atom. The van der Waals surface area contributed by atoms with Crippen molar-refractivity contribution < 1.29 is 15.0 Å². The summed E-state index contributed by atoms with van der Waals surface area (Å²) in [6.07, 6.45) is 0. The molecule has 0 bridgehead atoms. The summed E-state index contributed by atoms with van der Waals surface area (Å²) in [4.78, 5) is 11.8. The van der Waals surface area contributed by atoms with Gasteiger partial charge >= 0.3 is 0 Å². The Balaban J connectivity index is 2.46. The fraction of sp³-hybridized carbons (Fsp3) is 0.133. The van der Waals surface area contributed by atoms with Gasteiger partial charge in [-0.2, -0.15) is 0 Å². The zero-order chi connectivity index (χ0) is 14.8. The number of phenols is 2. The standard InChI is InChI=1S/C15H16N2O3/c1-15(14(16)20,17-11-5-3-2-4-6-11)10-7-12(18)9-13(19)8-10/h2-9,17-19H,1H3,(H2,16,20). The van der Waals surface area contributed by atoms with E-state index in [0.717, 1.165) is 0 Å². The molecule has 0 aromatic heterocycles. The number of nitrogens with one attached hydrogen (secondary N) is 1. The average Bonchev–Trinajstić information content (AvgIpc) is 2.38. The van der Waals surface area contributed by atoms with Gasteiger partial charge in [-0.3, -0.25) is 4.79 Å². The highest BCUT2D eigenvalue weighted by atomic mass is 16.3. The number of benzene rings is 2. The minimum absolute atomic E-state index is 0.137. The van der Waals surface area contributed by atoms with E-state index < -0.39 is 11.4 Å². The van der Waals surface area contributed by atoms with E-state index in [1.54, 1.807) is 19.1 Å². The molecule has 5 nitrogen and oxygen atoms in total. The number of aromatic hydroxyl groups is 2. The number of nitrogens with two attached hydrogens (primary N) is 1. The van der Waals surface area contributed by atoms with Crippen molar-refractivity contribution in [2.45, 2.75) is 12.5 Å². The van der Waals surface area contributed by atoms with Crippen molar-refractivity contribution >= 4 is 11.6 Å². The first-order valence-corrected chi connectivity index (χ1v) is 6.08. The van der Waals surface area contributed by atoms with E-state index in [9.17, 15) is 15.0 Å². The number of hydrogen-bond donors (Lipinski definition) is 4. The summed E-state index contributed by atoms with van der Waals surface area (Å²) >= 11 is 0. The Labute approximate surface area is 116 Å². The van der Waals surface area contributed by atoms with Crippen LogP contribution in [0, 0.1) is 0 Å². The quantitative estimate of drug-likeness (QED) is 0.683. The van der Waals surface area contributed by atoms with Crippen molar-refractivity contribution in [3.05, 3.63) is 54.1 Å². The van der Waals surface area contributed by atoms with E-state index in [4.69, 9.17) is 5.73 Å². The van der Waals surface area contributed by atoms with Crippen LogP contribution in [0.3, 0.4) is 0 Å². The molecule has 0 radical (unpaired) electrons. The molecule has 0 aliphatic heterocycles. The number of hydrogen-bond acceptors (Lipinski definition) is 4. The third kappa shape index (κ3) is 2.66. The number of amides is 1. The predicted octanol–water partition coefficient (Wildman–Crippen LogP) is 1.91. The van der Waals surface area contributed by atoms with Gasteiger partial charge in [0, 0.05) is 11.8 Å². The van der Waals surface area contributed by atoms with Crippen molar-refractivity contribution in [1.82, 2.24) is 0 Å². The highest BCUT2D eigenvalue weighted by molar-refractivity contribution is 5.89. The zero-order valence-corrected chi connectivity index (χ0v) is 11.0. The second kappa shape index (κ2) is 5.13. The molecular weight excluding hydrogens is 256 g/mol. The van der Waals surface area contributed by atoms with Crippen LogP contribution in [0.5, 0.6) is 11.5 Å². The van der Waals surface area contributed by atoms with Crippen molar-refractivity contribution in [2.24, 2.45) is 5.73 Å². The molecule has 104 valence electrons. The fourth-order valence-corrected chi connectivity index (χ4v) is 1.97. The Kier molecular flexibility index (Phi) is 3.52. The molecule has 0 heterocycles. The Morgan fingerprint density at radius 1 is 1.10 bits per heavy atom. The van der Waals surface area contributed by atoms with E-state index in [-0.39, 0.29) is 11.5 Å². The van der Waals surface area contributed by atoms with Crippen LogP contribution in [-0.4, -0.2) is 16.1 Å². The third-order valence-electron chi connectivity index (χ3n) is 3.14. The maximum atomic E-state index is 11.8. The second-order valence-electron chi connectivity index (χ2n) is 4.72. The molecule has 0 fully saturated rings. The van der Waals surface area contributed by atoms with Crippen molar-refractivity contribution in [3.63, 3.8) is 0 Å². The lowest BCUT2D eigenvalue weighted by molar-refractivity contribution is -0.122. The Morgan fingerprint density at radius 2 is 1.65 bits per heavy atom. The zero-order valence-electron chi connectivity index (χ0n) is 11.0. The van der Waals surface area contributed by atoms with Gasteiger partial charge in [0.1, 0.15) is 17.0 Å². The highest BCUT2D eigenvalue weighted by Crippen LogP contribution is 2.31. The van der Waals surface area contributed by atoms with E-state index >= 15 is 0 Å². The van der Waals surface area contributed by atoms with E-state index in [2.05, 4.69) is 5.32 Å². The number of para-hydroxylation sites is 1. The summed E-state index contributed by atoms with van der Waals surface area (Å²) in [5.41, 5.74) is 5.32. The lowest BCUT2D eigenvalue weighted by Gasteiger charge is -2.29. The molecule has 2 rings (SSSR count). The SMILES string of the molecule is CC(Nc1ccccc1)(C(N)=O)c1cc(O)cc(O)c1. The normalized spacial score (nSPS) is 13.4. The summed E-state index contributed by atoms with van der Waals surface area (Å²) in [7, 11) is 0. The average molecular weight is 272 g/mol. The molecule has 5 heteroatoms. The molecule has 1 unspecified atom stereocenters. The van der Waals surface area contributed by atoms with Gasteiger partial charge in [0.25, 0.3) is 0 Å². The lowest BCUT2D eigenvalue weighted by Crippen LogP contribution is -2.45. The van der Waals surface area contributed by atoms with Gasteiger partial charge in [-0.1, -0.05) is 18.2 Å². The summed E-state index contributed by atoms with van der Waals surface area (Å²) < 4.78 is 0. The molecule has 1 amide bonds. The van der Waals surface area contributed by atoms with Crippen molar-refractivity contribution in [1.29, 1.82) is 0 Å². The molecule has 2 aromatic carbocycles. The molecule has 1 atom stereocenters. The summed E-state index contributed by atoms with van der Waals surface area (Å²) in [6.45, 7) is 1.59. The number of anilines is 1. The maximum Gasteiger partial charge on any atom is 0.247 e. The van der Waals surface area contributed by atoms with Crippen molar-refractivity contribution in [3.8, 4) is 11.5 Å². The van der Waals surface area contributed by atoms with E-state index in [1.165, 1.54) is 18.2 Å². The topological polar surface area (TPSA) is 95.6 Å². The third-order valence-corrected chi connectivity index (χ3v) is 3.14. The van der Waals surface area contributed by atoms with Gasteiger partial charge < -0.3 is 21.3 Å². The Hall–Kier alpha value is -2.69. The predicted molar refractivity (Wildman–Crippen MR) is 76.4 cm³/mol. The largest absolute Gasteiger partial charge is 0.508 e. The minimum Gasteiger partial charge on any atom is -0.508 e. The van der Waals surface area contributed by atoms with Gasteiger partial charge in [-0.05, 0) is 36.8 Å². The lowest BCUT2D eigenvalue weighted by atomic mass is 9.90. The number of carbonyl (C=O) groups excluding carboxylic acids is 1. The summed E-state index contributed by atoms with van der Waals surface area (Å²) in [5, 5.41) is 22.2. The van der Waals surface area contributed by atoms with Gasteiger partial charge in [0.2, 0.25) is 5.91 Å². The molecule has 0 spiro atoms. The molecule has 0 aliphatic carbocycles. The number of primary amides is 1. The van der Waals surface area contributed by atoms with E-state index in [1.807, 2.05) is 18.2 Å². The fourth-order valence-electron chi connectivity index (χ4n) is 1.97. The molecule has 0 aliphatic rings. The van der Waals surface area contributed by atoms with Gasteiger partial charge in [-0.25, -0.2) is 0 Å². The van der Waals surface area contributed by atoms with Crippen LogP contribution in [0.2, 0.25) is 0 Å². The maximum absolute atomic E-state index is 11.8. The van der Waals surface area contributed by atoms with Crippen LogP contribution in [0.15, 0.2) is 48.5 Å². The number of rotatable bonds is 4. The second-order valence-corrected chi connectivity index (χ2v) is 4.72. The smallest absolute Gasteiger partial charge is 0.247 e. The first kappa shape index (κ1) is 13.7. The van der Waals surface area contributed by atoms with Crippen LogP contribution in [-0.2, 0) is 10.3 Å². The molecular formula is C15H16N2O3.